The van der Waals surface area contributed by atoms with Crippen LogP contribution in [-0.4, -0.2) is 34.4 Å². The van der Waals surface area contributed by atoms with E-state index in [1.165, 1.54) is 0 Å². The van der Waals surface area contributed by atoms with Gasteiger partial charge in [-0.3, -0.25) is 14.6 Å². The highest BCUT2D eigenvalue weighted by atomic mass is 16.5. The van der Waals surface area contributed by atoms with Crippen LogP contribution < -0.4 is 10.3 Å². The Hall–Kier alpha value is -3.41. The van der Waals surface area contributed by atoms with Crippen LogP contribution in [0.25, 0.3) is 11.3 Å². The first-order valence-corrected chi connectivity index (χ1v) is 10.3. The first-order chi connectivity index (χ1) is 14.7. The molecule has 154 valence electrons. The molecule has 0 saturated carbocycles. The third kappa shape index (κ3) is 4.13. The molecule has 6 heteroatoms. The van der Waals surface area contributed by atoms with Crippen LogP contribution in [0.3, 0.4) is 0 Å². The highest BCUT2D eigenvalue weighted by molar-refractivity contribution is 5.94. The molecule has 3 heterocycles. The van der Waals surface area contributed by atoms with Gasteiger partial charge in [-0.15, -0.1) is 0 Å². The van der Waals surface area contributed by atoms with E-state index in [1.807, 2.05) is 41.3 Å². The van der Waals surface area contributed by atoms with Crippen LogP contribution in [0.4, 0.5) is 0 Å². The van der Waals surface area contributed by atoms with Crippen LogP contribution in [0.2, 0.25) is 0 Å². The van der Waals surface area contributed by atoms with E-state index < -0.39 is 0 Å². The van der Waals surface area contributed by atoms with Gasteiger partial charge in [-0.2, -0.15) is 0 Å². The van der Waals surface area contributed by atoms with Crippen molar-refractivity contribution in [2.45, 2.75) is 31.7 Å². The van der Waals surface area contributed by atoms with E-state index in [-0.39, 0.29) is 23.1 Å². The summed E-state index contributed by atoms with van der Waals surface area (Å²) in [5, 5.41) is 0. The molecular formula is C24H25N3O3. The van der Waals surface area contributed by atoms with Crippen molar-refractivity contribution in [1.29, 1.82) is 0 Å². The number of H-pyrrole nitrogens is 1. The Labute approximate surface area is 175 Å². The molecule has 1 amide bonds. The molecule has 30 heavy (non-hydrogen) atoms. The Bertz CT molecular complexity index is 1060. The Kier molecular flexibility index (Phi) is 5.93. The summed E-state index contributed by atoms with van der Waals surface area (Å²) in [7, 11) is 1.64. The van der Waals surface area contributed by atoms with E-state index in [1.54, 1.807) is 31.6 Å². The summed E-state index contributed by atoms with van der Waals surface area (Å²) >= 11 is 0. The van der Waals surface area contributed by atoms with Gasteiger partial charge in [0.25, 0.3) is 11.5 Å². The second-order valence-corrected chi connectivity index (χ2v) is 7.49. The van der Waals surface area contributed by atoms with Crippen LogP contribution in [0.1, 0.15) is 47.6 Å². The molecule has 4 rings (SSSR count). The zero-order valence-corrected chi connectivity index (χ0v) is 17.0. The van der Waals surface area contributed by atoms with Gasteiger partial charge in [-0.05, 0) is 54.8 Å². The monoisotopic (exact) mass is 403 g/mol. The quantitative estimate of drug-likeness (QED) is 0.708. The number of aromatic nitrogens is 2. The van der Waals surface area contributed by atoms with E-state index in [9.17, 15) is 9.59 Å². The molecule has 1 aliphatic heterocycles. The number of likely N-dealkylation sites (tertiary alicyclic amines) is 1. The molecule has 1 N–H and O–H groups in total. The Morgan fingerprint density at radius 3 is 2.50 bits per heavy atom. The maximum atomic E-state index is 13.4. The highest BCUT2D eigenvalue weighted by Gasteiger charge is 2.29. The fourth-order valence-corrected chi connectivity index (χ4v) is 4.02. The zero-order valence-electron chi connectivity index (χ0n) is 17.0. The van der Waals surface area contributed by atoms with Crippen molar-refractivity contribution in [2.24, 2.45) is 0 Å². The predicted octanol–water partition coefficient (Wildman–Crippen LogP) is 4.20. The summed E-state index contributed by atoms with van der Waals surface area (Å²) in [5.74, 6) is 0.564. The van der Waals surface area contributed by atoms with Crippen LogP contribution in [0, 0.1) is 0 Å². The van der Waals surface area contributed by atoms with Crippen LogP contribution in [0.15, 0.2) is 65.7 Å². The minimum Gasteiger partial charge on any atom is -0.497 e. The second-order valence-electron chi connectivity index (χ2n) is 7.49. The van der Waals surface area contributed by atoms with E-state index >= 15 is 0 Å². The fourth-order valence-electron chi connectivity index (χ4n) is 4.02. The van der Waals surface area contributed by atoms with Crippen molar-refractivity contribution < 1.29 is 9.53 Å². The maximum absolute atomic E-state index is 13.4. The van der Waals surface area contributed by atoms with Gasteiger partial charge in [0, 0.05) is 30.2 Å². The standard InChI is InChI=1S/C24H25N3O3/c1-30-19-8-6-18(7-9-19)22-5-3-2-4-16-27(22)24(29)20-10-11-21(26-23(20)28)17-12-14-25-15-13-17/h6-15,22H,2-5,16H2,1H3,(H,26,28). The maximum Gasteiger partial charge on any atom is 0.261 e. The number of aromatic amines is 1. The number of rotatable bonds is 4. The summed E-state index contributed by atoms with van der Waals surface area (Å²) in [6.07, 6.45) is 7.29. The van der Waals surface area contributed by atoms with Crippen molar-refractivity contribution in [2.75, 3.05) is 13.7 Å². The van der Waals surface area contributed by atoms with Crippen molar-refractivity contribution in [1.82, 2.24) is 14.9 Å². The fraction of sp³-hybridized carbons (Fsp3) is 0.292. The van der Waals surface area contributed by atoms with Crippen LogP contribution in [-0.2, 0) is 0 Å². The number of benzene rings is 1. The van der Waals surface area contributed by atoms with Gasteiger partial charge in [-0.25, -0.2) is 0 Å². The number of carbonyl (C=O) groups is 1. The lowest BCUT2D eigenvalue weighted by molar-refractivity contribution is 0.0679. The molecule has 1 unspecified atom stereocenters. The number of nitrogens with zero attached hydrogens (tertiary/aromatic N) is 2. The van der Waals surface area contributed by atoms with Crippen molar-refractivity contribution in [3.63, 3.8) is 0 Å². The van der Waals surface area contributed by atoms with Gasteiger partial charge in [0.15, 0.2) is 0 Å². The minimum absolute atomic E-state index is 0.0508. The molecule has 3 aromatic rings. The topological polar surface area (TPSA) is 75.3 Å². The molecule has 0 aliphatic carbocycles. The van der Waals surface area contributed by atoms with Gasteiger partial charge >= 0.3 is 0 Å². The number of hydrogen-bond donors (Lipinski definition) is 1. The number of nitrogens with one attached hydrogen (secondary N) is 1. The minimum atomic E-state index is -0.368. The van der Waals surface area contributed by atoms with E-state index in [0.29, 0.717) is 12.2 Å². The molecule has 1 aliphatic rings. The summed E-state index contributed by atoms with van der Waals surface area (Å²) in [4.78, 5) is 34.9. The van der Waals surface area contributed by atoms with Gasteiger partial charge in [0.2, 0.25) is 0 Å². The molecule has 1 fully saturated rings. The number of amides is 1. The summed E-state index contributed by atoms with van der Waals surface area (Å²) in [5.41, 5.74) is 2.39. The lowest BCUT2D eigenvalue weighted by Gasteiger charge is -2.30. The second kappa shape index (κ2) is 8.95. The largest absolute Gasteiger partial charge is 0.497 e. The highest BCUT2D eigenvalue weighted by Crippen LogP contribution is 2.32. The number of carbonyl (C=O) groups excluding carboxylic acids is 1. The van der Waals surface area contributed by atoms with Gasteiger partial charge in [0.1, 0.15) is 11.3 Å². The van der Waals surface area contributed by atoms with Crippen molar-refractivity contribution in [3.05, 3.63) is 82.4 Å². The lowest BCUT2D eigenvalue weighted by atomic mass is 10.00. The van der Waals surface area contributed by atoms with Crippen LogP contribution >= 0.6 is 0 Å². The first kappa shape index (κ1) is 19.9. The summed E-state index contributed by atoms with van der Waals surface area (Å²) in [6, 6.07) is 14.8. The van der Waals surface area contributed by atoms with E-state index in [2.05, 4.69) is 9.97 Å². The smallest absolute Gasteiger partial charge is 0.261 e. The summed E-state index contributed by atoms with van der Waals surface area (Å²) < 4.78 is 5.26. The van der Waals surface area contributed by atoms with Gasteiger partial charge in [-0.1, -0.05) is 25.0 Å². The molecule has 6 nitrogen and oxygen atoms in total. The molecule has 0 spiro atoms. The van der Waals surface area contributed by atoms with Crippen molar-refractivity contribution in [3.8, 4) is 17.0 Å². The molecule has 1 atom stereocenters. The number of methoxy groups -OCH3 is 1. The SMILES string of the molecule is COc1ccc(C2CCCCCN2C(=O)c2ccc(-c3ccncc3)[nH]c2=O)cc1. The Morgan fingerprint density at radius 2 is 1.80 bits per heavy atom. The van der Waals surface area contributed by atoms with Crippen molar-refractivity contribution >= 4 is 5.91 Å². The molecule has 0 radical (unpaired) electrons. The normalized spacial score (nSPS) is 16.7. The summed E-state index contributed by atoms with van der Waals surface area (Å²) in [6.45, 7) is 0.640. The van der Waals surface area contributed by atoms with E-state index in [0.717, 1.165) is 42.6 Å². The Morgan fingerprint density at radius 1 is 1.03 bits per heavy atom. The average molecular weight is 403 g/mol. The molecule has 1 saturated heterocycles. The number of pyridine rings is 2. The third-order valence-electron chi connectivity index (χ3n) is 5.65. The third-order valence-corrected chi connectivity index (χ3v) is 5.65. The average Bonchev–Trinajstić information content (AvgIpc) is 3.05. The van der Waals surface area contributed by atoms with Crippen LogP contribution in [0.5, 0.6) is 5.75 Å². The molecule has 1 aromatic carbocycles. The predicted molar refractivity (Wildman–Crippen MR) is 116 cm³/mol. The first-order valence-electron chi connectivity index (χ1n) is 10.3. The van der Waals surface area contributed by atoms with E-state index in [4.69, 9.17) is 4.74 Å². The van der Waals surface area contributed by atoms with Gasteiger partial charge in [0.05, 0.1) is 13.2 Å². The van der Waals surface area contributed by atoms with Gasteiger partial charge < -0.3 is 14.6 Å². The molecule has 0 bridgehead atoms. The molecular weight excluding hydrogens is 378 g/mol. The zero-order chi connectivity index (χ0) is 20.9. The number of hydrogen-bond acceptors (Lipinski definition) is 4. The Balaban J connectivity index is 1.64. The molecule has 2 aromatic heterocycles. The lowest BCUT2D eigenvalue weighted by Crippen LogP contribution is -2.37. The number of ether oxygens (including phenoxy) is 1.